The Hall–Kier alpha value is -5.80. The fourth-order valence-electron chi connectivity index (χ4n) is 6.70. The molecule has 9 aromatic rings. The number of fused-ring (bicyclic) bond motifs is 10. The average Bonchev–Trinajstić information content (AvgIpc) is 3.44. The van der Waals surface area contributed by atoms with Crippen LogP contribution in [0.25, 0.3) is 82.6 Å². The Morgan fingerprint density at radius 1 is 0.395 bits per heavy atom. The van der Waals surface area contributed by atoms with Crippen molar-refractivity contribution >= 4 is 54.1 Å². The van der Waals surface area contributed by atoms with Gasteiger partial charge in [0, 0.05) is 27.3 Å². The van der Waals surface area contributed by atoms with Crippen molar-refractivity contribution in [2.24, 2.45) is 0 Å². The van der Waals surface area contributed by atoms with E-state index in [-0.39, 0.29) is 0 Å². The van der Waals surface area contributed by atoms with Gasteiger partial charge in [0.25, 0.3) is 0 Å². The first-order valence-electron chi connectivity index (χ1n) is 14.6. The first kappa shape index (κ1) is 23.9. The molecule has 0 aliphatic rings. The highest BCUT2D eigenvalue weighted by Gasteiger charge is 2.22. The fraction of sp³-hybridized carbons (Fsp3) is 0. The number of nitrogens with zero attached hydrogens (tertiary/aromatic N) is 3. The number of para-hydroxylation sites is 1. The lowest BCUT2D eigenvalue weighted by atomic mass is 9.93. The molecule has 0 saturated heterocycles. The van der Waals surface area contributed by atoms with Crippen molar-refractivity contribution in [2.45, 2.75) is 0 Å². The Morgan fingerprint density at radius 3 is 1.60 bits per heavy atom. The SMILES string of the molecule is c1ccc(-c2cc(-c3ccccc3)nc(-n3c4ccccc4c4c5ccccc5c5c6ccccc6ccc5c43)n2)cc1. The topological polar surface area (TPSA) is 30.7 Å². The van der Waals surface area contributed by atoms with Crippen LogP contribution in [0.5, 0.6) is 0 Å². The van der Waals surface area contributed by atoms with E-state index < -0.39 is 0 Å². The molecule has 200 valence electrons. The summed E-state index contributed by atoms with van der Waals surface area (Å²) in [5.41, 5.74) is 6.13. The highest BCUT2D eigenvalue weighted by Crippen LogP contribution is 2.44. The predicted molar refractivity (Wildman–Crippen MR) is 180 cm³/mol. The zero-order valence-corrected chi connectivity index (χ0v) is 23.3. The van der Waals surface area contributed by atoms with Gasteiger partial charge in [0.05, 0.1) is 22.4 Å². The maximum absolute atomic E-state index is 5.27. The third-order valence-corrected chi connectivity index (χ3v) is 8.58. The summed E-state index contributed by atoms with van der Waals surface area (Å²) < 4.78 is 2.28. The van der Waals surface area contributed by atoms with Crippen LogP contribution in [-0.4, -0.2) is 14.5 Å². The number of hydrogen-bond acceptors (Lipinski definition) is 2. The summed E-state index contributed by atoms with van der Waals surface area (Å²) in [7, 11) is 0. The molecule has 0 amide bonds. The van der Waals surface area contributed by atoms with Gasteiger partial charge in [-0.15, -0.1) is 0 Å². The smallest absolute Gasteiger partial charge is 0.235 e. The monoisotopic (exact) mass is 547 g/mol. The molecule has 0 atom stereocenters. The molecule has 7 aromatic carbocycles. The minimum Gasteiger partial charge on any atom is -0.277 e. The second-order valence-corrected chi connectivity index (χ2v) is 11.0. The summed E-state index contributed by atoms with van der Waals surface area (Å²) in [6, 6.07) is 53.5. The van der Waals surface area contributed by atoms with Gasteiger partial charge in [-0.25, -0.2) is 9.97 Å². The molecule has 0 spiro atoms. The lowest BCUT2D eigenvalue weighted by Crippen LogP contribution is -2.04. The van der Waals surface area contributed by atoms with Gasteiger partial charge < -0.3 is 0 Å². The van der Waals surface area contributed by atoms with Gasteiger partial charge in [-0.05, 0) is 39.1 Å². The van der Waals surface area contributed by atoms with E-state index in [9.17, 15) is 0 Å². The third-order valence-electron chi connectivity index (χ3n) is 8.58. The molecule has 9 rings (SSSR count). The van der Waals surface area contributed by atoms with Crippen LogP contribution in [0.3, 0.4) is 0 Å². The summed E-state index contributed by atoms with van der Waals surface area (Å²) >= 11 is 0. The van der Waals surface area contributed by atoms with Crippen molar-refractivity contribution in [3.63, 3.8) is 0 Å². The van der Waals surface area contributed by atoms with Crippen molar-refractivity contribution < 1.29 is 0 Å². The first-order valence-corrected chi connectivity index (χ1v) is 14.6. The molecule has 0 saturated carbocycles. The third kappa shape index (κ3) is 3.62. The molecule has 0 unspecified atom stereocenters. The van der Waals surface area contributed by atoms with Crippen molar-refractivity contribution in [2.75, 3.05) is 0 Å². The van der Waals surface area contributed by atoms with Crippen molar-refractivity contribution in [1.29, 1.82) is 0 Å². The summed E-state index contributed by atoms with van der Waals surface area (Å²) in [5.74, 6) is 0.663. The highest BCUT2D eigenvalue weighted by atomic mass is 15.2. The van der Waals surface area contributed by atoms with Gasteiger partial charge in [-0.1, -0.05) is 140 Å². The Morgan fingerprint density at radius 2 is 0.930 bits per heavy atom. The Balaban J connectivity index is 1.50. The average molecular weight is 548 g/mol. The van der Waals surface area contributed by atoms with Crippen LogP contribution in [0.4, 0.5) is 0 Å². The maximum atomic E-state index is 5.27. The summed E-state index contributed by atoms with van der Waals surface area (Å²) in [4.78, 5) is 10.5. The minimum absolute atomic E-state index is 0.663. The number of aromatic nitrogens is 3. The summed E-state index contributed by atoms with van der Waals surface area (Å²) in [5, 5.41) is 9.84. The molecule has 0 radical (unpaired) electrons. The van der Waals surface area contributed by atoms with Crippen LogP contribution in [0.2, 0.25) is 0 Å². The highest BCUT2D eigenvalue weighted by molar-refractivity contribution is 6.35. The van der Waals surface area contributed by atoms with E-state index in [1.807, 2.05) is 12.1 Å². The molecule has 2 aromatic heterocycles. The zero-order valence-electron chi connectivity index (χ0n) is 23.3. The van der Waals surface area contributed by atoms with Crippen LogP contribution in [-0.2, 0) is 0 Å². The van der Waals surface area contributed by atoms with E-state index >= 15 is 0 Å². The van der Waals surface area contributed by atoms with E-state index in [1.54, 1.807) is 0 Å². The summed E-state index contributed by atoms with van der Waals surface area (Å²) in [6.07, 6.45) is 0. The molecule has 0 aliphatic heterocycles. The molecule has 0 fully saturated rings. The Bertz CT molecular complexity index is 2440. The van der Waals surface area contributed by atoms with E-state index in [0.29, 0.717) is 5.95 Å². The van der Waals surface area contributed by atoms with Crippen LogP contribution in [0.15, 0.2) is 152 Å². The fourth-order valence-corrected chi connectivity index (χ4v) is 6.70. The molecular weight excluding hydrogens is 522 g/mol. The lowest BCUT2D eigenvalue weighted by molar-refractivity contribution is 0.998. The molecule has 3 nitrogen and oxygen atoms in total. The van der Waals surface area contributed by atoms with E-state index in [0.717, 1.165) is 33.5 Å². The largest absolute Gasteiger partial charge is 0.277 e. The van der Waals surface area contributed by atoms with Gasteiger partial charge >= 0.3 is 0 Å². The van der Waals surface area contributed by atoms with Gasteiger partial charge in [0.15, 0.2) is 0 Å². The number of benzene rings is 7. The van der Waals surface area contributed by atoms with Gasteiger partial charge in [0.2, 0.25) is 5.95 Å². The minimum atomic E-state index is 0.663. The van der Waals surface area contributed by atoms with Gasteiger partial charge in [-0.2, -0.15) is 0 Å². The molecular formula is C40H25N3. The number of hydrogen-bond donors (Lipinski definition) is 0. The quantitative estimate of drug-likeness (QED) is 0.206. The molecule has 3 heteroatoms. The molecule has 0 aliphatic carbocycles. The van der Waals surface area contributed by atoms with E-state index in [1.165, 1.54) is 43.1 Å². The molecule has 0 bridgehead atoms. The second kappa shape index (κ2) is 9.37. The molecule has 43 heavy (non-hydrogen) atoms. The number of rotatable bonds is 3. The maximum Gasteiger partial charge on any atom is 0.235 e. The second-order valence-electron chi connectivity index (χ2n) is 11.0. The molecule has 0 N–H and O–H groups in total. The van der Waals surface area contributed by atoms with Crippen LogP contribution < -0.4 is 0 Å². The lowest BCUT2D eigenvalue weighted by Gasteiger charge is -2.14. The first-order chi connectivity index (χ1) is 21.3. The van der Waals surface area contributed by atoms with Crippen LogP contribution in [0.1, 0.15) is 0 Å². The van der Waals surface area contributed by atoms with Crippen molar-refractivity contribution in [3.05, 3.63) is 152 Å². The zero-order chi connectivity index (χ0) is 28.3. The van der Waals surface area contributed by atoms with Crippen molar-refractivity contribution in [1.82, 2.24) is 14.5 Å². The standard InChI is InChI=1S/C40H25N3/c1-3-14-27(15-4-1)34-25-35(28-16-5-2-6-17-28)42-40(41-34)43-36-22-12-11-21-32(36)38-31-20-10-9-19-30(31)37-29-18-8-7-13-26(29)23-24-33(37)39(38)43/h1-25H. The Kier molecular flexibility index (Phi) is 5.20. The Labute approximate surface area is 248 Å². The van der Waals surface area contributed by atoms with E-state index in [4.69, 9.17) is 9.97 Å². The van der Waals surface area contributed by atoms with Crippen LogP contribution in [0, 0.1) is 0 Å². The summed E-state index contributed by atoms with van der Waals surface area (Å²) in [6.45, 7) is 0. The van der Waals surface area contributed by atoms with Crippen molar-refractivity contribution in [3.8, 4) is 28.5 Å². The predicted octanol–water partition coefficient (Wildman–Crippen LogP) is 10.4. The normalized spacial score (nSPS) is 11.7. The van der Waals surface area contributed by atoms with Gasteiger partial charge in [-0.3, -0.25) is 4.57 Å². The van der Waals surface area contributed by atoms with Crippen LogP contribution >= 0.6 is 0 Å². The van der Waals surface area contributed by atoms with Gasteiger partial charge in [0.1, 0.15) is 0 Å². The van der Waals surface area contributed by atoms with E-state index in [2.05, 4.69) is 144 Å². The molecule has 2 heterocycles.